The van der Waals surface area contributed by atoms with E-state index in [4.69, 9.17) is 16.2 Å². The number of pyridine rings is 1. The maximum absolute atomic E-state index is 5.80. The first kappa shape index (κ1) is 8.62. The molecule has 4 N–H and O–H groups in total. The third-order valence-electron chi connectivity index (χ3n) is 2.14. The van der Waals surface area contributed by atoms with E-state index in [0.717, 1.165) is 10.8 Å². The number of ether oxygens (including phenoxy) is 1. The molecule has 2 rings (SSSR count). The maximum atomic E-state index is 5.80. The average Bonchev–Trinajstić information content (AvgIpc) is 2.23. The van der Waals surface area contributed by atoms with Crippen molar-refractivity contribution in [1.29, 1.82) is 0 Å². The summed E-state index contributed by atoms with van der Waals surface area (Å²) in [5.74, 6) is 0.813. The second kappa shape index (κ2) is 3.06. The smallest absolute Gasteiger partial charge is 0.223 e. The Morgan fingerprint density at radius 3 is 2.43 bits per heavy atom. The summed E-state index contributed by atoms with van der Waals surface area (Å²) >= 11 is 0. The first-order chi connectivity index (χ1) is 6.74. The SMILES string of the molecule is COc1nc(N)c(N)c2ccccc12. The molecule has 0 radical (unpaired) electrons. The van der Waals surface area contributed by atoms with Gasteiger partial charge in [0.25, 0.3) is 0 Å². The standard InChI is InChI=1S/C10H11N3O/c1-14-10-7-5-3-2-4-6(7)8(11)9(12)13-10/h2-5H,11H2,1H3,(H2,12,13). The van der Waals surface area contributed by atoms with Crippen molar-refractivity contribution in [1.82, 2.24) is 4.98 Å². The van der Waals surface area contributed by atoms with Gasteiger partial charge >= 0.3 is 0 Å². The van der Waals surface area contributed by atoms with E-state index >= 15 is 0 Å². The highest BCUT2D eigenvalue weighted by molar-refractivity contribution is 5.99. The highest BCUT2D eigenvalue weighted by Gasteiger charge is 2.08. The quantitative estimate of drug-likeness (QED) is 0.711. The molecule has 4 nitrogen and oxygen atoms in total. The zero-order valence-corrected chi connectivity index (χ0v) is 7.82. The minimum absolute atomic E-state index is 0.306. The molecular formula is C10H11N3O. The Morgan fingerprint density at radius 1 is 1.14 bits per heavy atom. The summed E-state index contributed by atoms with van der Waals surface area (Å²) in [6.45, 7) is 0. The second-order valence-electron chi connectivity index (χ2n) is 2.97. The fourth-order valence-corrected chi connectivity index (χ4v) is 1.43. The average molecular weight is 189 g/mol. The Bertz CT molecular complexity index is 482. The van der Waals surface area contributed by atoms with Crippen LogP contribution in [0.3, 0.4) is 0 Å². The molecule has 72 valence electrons. The van der Waals surface area contributed by atoms with Gasteiger partial charge in [-0.2, -0.15) is 4.98 Å². The van der Waals surface area contributed by atoms with Crippen LogP contribution in [0.2, 0.25) is 0 Å². The summed E-state index contributed by atoms with van der Waals surface area (Å²) in [7, 11) is 1.56. The molecule has 14 heavy (non-hydrogen) atoms. The van der Waals surface area contributed by atoms with E-state index in [0.29, 0.717) is 17.4 Å². The molecule has 0 bridgehead atoms. The first-order valence-corrected chi connectivity index (χ1v) is 4.21. The van der Waals surface area contributed by atoms with E-state index in [2.05, 4.69) is 4.98 Å². The normalized spacial score (nSPS) is 10.4. The number of benzene rings is 1. The number of anilines is 2. The molecule has 0 spiro atoms. The van der Waals surface area contributed by atoms with Crippen LogP contribution >= 0.6 is 0 Å². The van der Waals surface area contributed by atoms with E-state index < -0.39 is 0 Å². The van der Waals surface area contributed by atoms with Gasteiger partial charge in [0.2, 0.25) is 5.88 Å². The Hall–Kier alpha value is -1.97. The van der Waals surface area contributed by atoms with Crippen LogP contribution in [0.1, 0.15) is 0 Å². The molecule has 0 aliphatic carbocycles. The Morgan fingerprint density at radius 2 is 1.79 bits per heavy atom. The zero-order chi connectivity index (χ0) is 10.1. The highest BCUT2D eigenvalue weighted by Crippen LogP contribution is 2.31. The largest absolute Gasteiger partial charge is 0.480 e. The van der Waals surface area contributed by atoms with Crippen molar-refractivity contribution in [3.05, 3.63) is 24.3 Å². The molecule has 0 fully saturated rings. The fraction of sp³-hybridized carbons (Fsp3) is 0.100. The van der Waals surface area contributed by atoms with E-state index in [1.807, 2.05) is 24.3 Å². The van der Waals surface area contributed by atoms with Crippen LogP contribution in [0.15, 0.2) is 24.3 Å². The summed E-state index contributed by atoms with van der Waals surface area (Å²) in [5.41, 5.74) is 11.9. The van der Waals surface area contributed by atoms with Gasteiger partial charge in [-0.25, -0.2) is 0 Å². The highest BCUT2D eigenvalue weighted by atomic mass is 16.5. The van der Waals surface area contributed by atoms with Gasteiger partial charge in [0.05, 0.1) is 12.8 Å². The summed E-state index contributed by atoms with van der Waals surface area (Å²) in [6, 6.07) is 7.60. The predicted molar refractivity (Wildman–Crippen MR) is 57.1 cm³/mol. The van der Waals surface area contributed by atoms with Crippen LogP contribution < -0.4 is 16.2 Å². The monoisotopic (exact) mass is 189 g/mol. The lowest BCUT2D eigenvalue weighted by Gasteiger charge is -2.08. The summed E-state index contributed by atoms with van der Waals surface area (Å²) in [5, 5.41) is 1.75. The number of hydrogen-bond acceptors (Lipinski definition) is 4. The molecule has 0 amide bonds. The van der Waals surface area contributed by atoms with Crippen molar-refractivity contribution in [3.8, 4) is 5.88 Å². The van der Waals surface area contributed by atoms with Gasteiger partial charge in [0.1, 0.15) is 0 Å². The predicted octanol–water partition coefficient (Wildman–Crippen LogP) is 1.41. The van der Waals surface area contributed by atoms with Crippen LogP contribution in [-0.2, 0) is 0 Å². The number of aromatic nitrogens is 1. The van der Waals surface area contributed by atoms with Gasteiger partial charge in [-0.15, -0.1) is 0 Å². The van der Waals surface area contributed by atoms with Gasteiger partial charge in [0.15, 0.2) is 5.82 Å². The third-order valence-corrected chi connectivity index (χ3v) is 2.14. The number of methoxy groups -OCH3 is 1. The number of hydrogen-bond donors (Lipinski definition) is 2. The van der Waals surface area contributed by atoms with Gasteiger partial charge in [0, 0.05) is 10.8 Å². The number of fused-ring (bicyclic) bond motifs is 1. The lowest BCUT2D eigenvalue weighted by molar-refractivity contribution is 0.404. The molecule has 1 heterocycles. The summed E-state index contributed by atoms with van der Waals surface area (Å²) < 4.78 is 5.12. The molecule has 0 aliphatic rings. The first-order valence-electron chi connectivity index (χ1n) is 4.21. The van der Waals surface area contributed by atoms with E-state index in [1.54, 1.807) is 7.11 Å². The molecule has 0 saturated heterocycles. The molecule has 0 atom stereocenters. The lowest BCUT2D eigenvalue weighted by atomic mass is 10.1. The van der Waals surface area contributed by atoms with Crippen LogP contribution in [0.5, 0.6) is 5.88 Å². The number of rotatable bonds is 1. The van der Waals surface area contributed by atoms with Crippen LogP contribution in [0, 0.1) is 0 Å². The molecular weight excluding hydrogens is 178 g/mol. The van der Waals surface area contributed by atoms with Gasteiger partial charge < -0.3 is 16.2 Å². The van der Waals surface area contributed by atoms with Crippen LogP contribution in [-0.4, -0.2) is 12.1 Å². The number of nitrogens with zero attached hydrogens (tertiary/aromatic N) is 1. The van der Waals surface area contributed by atoms with Crippen molar-refractivity contribution in [3.63, 3.8) is 0 Å². The molecule has 0 saturated carbocycles. The van der Waals surface area contributed by atoms with E-state index in [-0.39, 0.29) is 0 Å². The maximum Gasteiger partial charge on any atom is 0.223 e. The lowest BCUT2D eigenvalue weighted by Crippen LogP contribution is -2.01. The van der Waals surface area contributed by atoms with Gasteiger partial charge in [-0.05, 0) is 6.07 Å². The molecule has 0 unspecified atom stereocenters. The molecule has 2 aromatic rings. The van der Waals surface area contributed by atoms with Crippen molar-refractivity contribution in [2.75, 3.05) is 18.6 Å². The van der Waals surface area contributed by atoms with Crippen LogP contribution in [0.4, 0.5) is 11.5 Å². The van der Waals surface area contributed by atoms with Crippen molar-refractivity contribution < 1.29 is 4.74 Å². The van der Waals surface area contributed by atoms with Crippen LogP contribution in [0.25, 0.3) is 10.8 Å². The minimum Gasteiger partial charge on any atom is -0.480 e. The second-order valence-corrected chi connectivity index (χ2v) is 2.97. The Kier molecular flexibility index (Phi) is 1.89. The minimum atomic E-state index is 0.306. The van der Waals surface area contributed by atoms with Crippen molar-refractivity contribution in [2.24, 2.45) is 0 Å². The Labute approximate surface area is 81.5 Å². The van der Waals surface area contributed by atoms with Crippen molar-refractivity contribution in [2.45, 2.75) is 0 Å². The third kappa shape index (κ3) is 1.12. The number of nitrogens with two attached hydrogens (primary N) is 2. The molecule has 1 aromatic heterocycles. The van der Waals surface area contributed by atoms with Gasteiger partial charge in [-0.1, -0.05) is 18.2 Å². The fourth-order valence-electron chi connectivity index (χ4n) is 1.43. The number of nitrogen functional groups attached to an aromatic ring is 2. The van der Waals surface area contributed by atoms with E-state index in [1.165, 1.54) is 0 Å². The Balaban J connectivity index is 2.89. The van der Waals surface area contributed by atoms with Crippen molar-refractivity contribution >= 4 is 22.3 Å². The molecule has 0 aliphatic heterocycles. The summed E-state index contributed by atoms with van der Waals surface area (Å²) in [4.78, 5) is 4.05. The topological polar surface area (TPSA) is 74.2 Å². The summed E-state index contributed by atoms with van der Waals surface area (Å²) in [6.07, 6.45) is 0. The van der Waals surface area contributed by atoms with Gasteiger partial charge in [-0.3, -0.25) is 0 Å². The molecule has 4 heteroatoms. The zero-order valence-electron chi connectivity index (χ0n) is 7.82. The van der Waals surface area contributed by atoms with E-state index in [9.17, 15) is 0 Å². The molecule has 1 aromatic carbocycles.